The standard InChI is InChI=1S/C12H16O/c1-2-5-11-10-7-4-3-6-9(10)8-12(11)13/h2,9H,1,3-8H2. The Bertz CT molecular complexity index is 273. The summed E-state index contributed by atoms with van der Waals surface area (Å²) in [6, 6.07) is 0. The molecule has 0 bridgehead atoms. The zero-order valence-electron chi connectivity index (χ0n) is 8.01. The summed E-state index contributed by atoms with van der Waals surface area (Å²) in [5.74, 6) is 0.998. The first-order valence-electron chi connectivity index (χ1n) is 5.19. The molecule has 0 aromatic rings. The maximum atomic E-state index is 11.6. The topological polar surface area (TPSA) is 17.1 Å². The van der Waals surface area contributed by atoms with E-state index < -0.39 is 0 Å². The maximum Gasteiger partial charge on any atom is 0.159 e. The monoisotopic (exact) mass is 176 g/mol. The van der Waals surface area contributed by atoms with Crippen LogP contribution >= 0.6 is 0 Å². The minimum Gasteiger partial charge on any atom is -0.295 e. The van der Waals surface area contributed by atoms with Crippen LogP contribution in [0.3, 0.4) is 0 Å². The Morgan fingerprint density at radius 1 is 1.46 bits per heavy atom. The van der Waals surface area contributed by atoms with E-state index in [4.69, 9.17) is 0 Å². The molecule has 0 amide bonds. The molecule has 2 aliphatic rings. The van der Waals surface area contributed by atoms with Crippen molar-refractivity contribution in [1.29, 1.82) is 0 Å². The van der Waals surface area contributed by atoms with Gasteiger partial charge in [-0.1, -0.05) is 18.1 Å². The van der Waals surface area contributed by atoms with Crippen LogP contribution in [0.15, 0.2) is 23.8 Å². The Kier molecular flexibility index (Phi) is 2.34. The van der Waals surface area contributed by atoms with Gasteiger partial charge in [0.1, 0.15) is 0 Å². The normalized spacial score (nSPS) is 27.7. The second kappa shape index (κ2) is 3.49. The van der Waals surface area contributed by atoms with Crippen LogP contribution in [0.4, 0.5) is 0 Å². The van der Waals surface area contributed by atoms with Gasteiger partial charge >= 0.3 is 0 Å². The third kappa shape index (κ3) is 1.48. The molecular weight excluding hydrogens is 160 g/mol. The van der Waals surface area contributed by atoms with E-state index >= 15 is 0 Å². The first kappa shape index (κ1) is 8.74. The van der Waals surface area contributed by atoms with Crippen molar-refractivity contribution < 1.29 is 4.79 Å². The van der Waals surface area contributed by atoms with Gasteiger partial charge in [-0.15, -0.1) is 6.58 Å². The number of Topliss-reactive ketones (excluding diaryl/α,β-unsaturated/α-hetero) is 1. The van der Waals surface area contributed by atoms with E-state index in [9.17, 15) is 4.79 Å². The molecule has 0 N–H and O–H groups in total. The second-order valence-electron chi connectivity index (χ2n) is 4.07. The van der Waals surface area contributed by atoms with Crippen LogP contribution in [0.25, 0.3) is 0 Å². The van der Waals surface area contributed by atoms with Gasteiger partial charge in [0.05, 0.1) is 0 Å². The highest BCUT2D eigenvalue weighted by Crippen LogP contribution is 2.40. The molecule has 70 valence electrons. The smallest absolute Gasteiger partial charge is 0.159 e. The van der Waals surface area contributed by atoms with E-state index in [0.717, 1.165) is 18.4 Å². The van der Waals surface area contributed by atoms with Crippen LogP contribution in [0.2, 0.25) is 0 Å². The molecule has 0 saturated heterocycles. The number of ketones is 1. The van der Waals surface area contributed by atoms with E-state index in [1.807, 2.05) is 6.08 Å². The summed E-state index contributed by atoms with van der Waals surface area (Å²) in [7, 11) is 0. The Labute approximate surface area is 79.5 Å². The van der Waals surface area contributed by atoms with Crippen molar-refractivity contribution in [3.63, 3.8) is 0 Å². The molecule has 0 aromatic heterocycles. The van der Waals surface area contributed by atoms with Crippen LogP contribution in [-0.2, 0) is 4.79 Å². The highest BCUT2D eigenvalue weighted by Gasteiger charge is 2.32. The SMILES string of the molecule is C=CCC1=C2CCCCC2CC1=O. The average Bonchev–Trinajstić information content (AvgIpc) is 2.44. The zero-order chi connectivity index (χ0) is 9.26. The molecule has 0 aromatic carbocycles. The average molecular weight is 176 g/mol. The molecule has 1 atom stereocenters. The Morgan fingerprint density at radius 2 is 2.31 bits per heavy atom. The van der Waals surface area contributed by atoms with Gasteiger partial charge in [0, 0.05) is 6.42 Å². The summed E-state index contributed by atoms with van der Waals surface area (Å²) in [5.41, 5.74) is 2.57. The summed E-state index contributed by atoms with van der Waals surface area (Å²) in [5, 5.41) is 0. The summed E-state index contributed by atoms with van der Waals surface area (Å²) in [4.78, 5) is 11.6. The van der Waals surface area contributed by atoms with Crippen LogP contribution in [0.1, 0.15) is 38.5 Å². The summed E-state index contributed by atoms with van der Waals surface area (Å²) in [6.07, 6.45) is 8.43. The molecule has 1 nitrogen and oxygen atoms in total. The number of hydrogen-bond acceptors (Lipinski definition) is 1. The highest BCUT2D eigenvalue weighted by molar-refractivity contribution is 5.99. The molecule has 1 unspecified atom stereocenters. The van der Waals surface area contributed by atoms with Gasteiger partial charge in [-0.05, 0) is 37.2 Å². The van der Waals surface area contributed by atoms with E-state index in [-0.39, 0.29) is 0 Å². The van der Waals surface area contributed by atoms with Crippen molar-refractivity contribution in [2.24, 2.45) is 5.92 Å². The lowest BCUT2D eigenvalue weighted by Crippen LogP contribution is -2.06. The fourth-order valence-corrected chi connectivity index (χ4v) is 2.62. The molecule has 1 fully saturated rings. The van der Waals surface area contributed by atoms with Crippen LogP contribution < -0.4 is 0 Å². The Morgan fingerprint density at radius 3 is 3.08 bits per heavy atom. The van der Waals surface area contributed by atoms with Crippen molar-refractivity contribution in [2.45, 2.75) is 38.5 Å². The van der Waals surface area contributed by atoms with Gasteiger partial charge in [0.15, 0.2) is 5.78 Å². The zero-order valence-corrected chi connectivity index (χ0v) is 8.01. The predicted molar refractivity (Wildman–Crippen MR) is 53.4 cm³/mol. The van der Waals surface area contributed by atoms with Crippen molar-refractivity contribution in [3.8, 4) is 0 Å². The Hall–Kier alpha value is -0.850. The number of carbonyl (C=O) groups excluding carboxylic acids is 1. The van der Waals surface area contributed by atoms with E-state index in [1.54, 1.807) is 0 Å². The largest absolute Gasteiger partial charge is 0.295 e. The third-order valence-corrected chi connectivity index (χ3v) is 3.25. The third-order valence-electron chi connectivity index (χ3n) is 3.25. The lowest BCUT2D eigenvalue weighted by molar-refractivity contribution is -0.115. The molecule has 0 radical (unpaired) electrons. The Balaban J connectivity index is 2.26. The molecular formula is C12H16O. The van der Waals surface area contributed by atoms with Crippen LogP contribution in [0, 0.1) is 5.92 Å². The maximum absolute atomic E-state index is 11.6. The molecule has 0 spiro atoms. The van der Waals surface area contributed by atoms with Crippen molar-refractivity contribution in [1.82, 2.24) is 0 Å². The van der Waals surface area contributed by atoms with Gasteiger partial charge in [-0.25, -0.2) is 0 Å². The second-order valence-corrected chi connectivity index (χ2v) is 4.07. The molecule has 13 heavy (non-hydrogen) atoms. The summed E-state index contributed by atoms with van der Waals surface area (Å²) < 4.78 is 0. The fourth-order valence-electron chi connectivity index (χ4n) is 2.62. The fraction of sp³-hybridized carbons (Fsp3) is 0.583. The number of fused-ring (bicyclic) bond motifs is 1. The van der Waals surface area contributed by atoms with Crippen LogP contribution in [-0.4, -0.2) is 5.78 Å². The van der Waals surface area contributed by atoms with E-state index in [1.165, 1.54) is 31.3 Å². The first-order chi connectivity index (χ1) is 6.33. The number of rotatable bonds is 2. The number of hydrogen-bond donors (Lipinski definition) is 0. The highest BCUT2D eigenvalue weighted by atomic mass is 16.1. The van der Waals surface area contributed by atoms with Crippen LogP contribution in [0.5, 0.6) is 0 Å². The summed E-state index contributed by atoms with van der Waals surface area (Å²) >= 11 is 0. The predicted octanol–water partition coefficient (Wildman–Crippen LogP) is 3.02. The number of carbonyl (C=O) groups is 1. The van der Waals surface area contributed by atoms with Gasteiger partial charge in [-0.2, -0.15) is 0 Å². The lowest BCUT2D eigenvalue weighted by Gasteiger charge is -2.20. The molecule has 0 aliphatic heterocycles. The van der Waals surface area contributed by atoms with Gasteiger partial charge in [-0.3, -0.25) is 4.79 Å². The molecule has 1 saturated carbocycles. The van der Waals surface area contributed by atoms with Crippen molar-refractivity contribution in [3.05, 3.63) is 23.8 Å². The molecule has 2 aliphatic carbocycles. The van der Waals surface area contributed by atoms with E-state index in [2.05, 4.69) is 6.58 Å². The van der Waals surface area contributed by atoms with Gasteiger partial charge < -0.3 is 0 Å². The molecule has 2 rings (SSSR count). The van der Waals surface area contributed by atoms with Crippen molar-refractivity contribution in [2.75, 3.05) is 0 Å². The lowest BCUT2D eigenvalue weighted by atomic mass is 9.85. The first-order valence-corrected chi connectivity index (χ1v) is 5.19. The van der Waals surface area contributed by atoms with Gasteiger partial charge in [0.2, 0.25) is 0 Å². The summed E-state index contributed by atoms with van der Waals surface area (Å²) in [6.45, 7) is 3.71. The van der Waals surface area contributed by atoms with E-state index in [0.29, 0.717) is 11.7 Å². The minimum absolute atomic E-state index is 0.391. The van der Waals surface area contributed by atoms with Gasteiger partial charge in [0.25, 0.3) is 0 Å². The van der Waals surface area contributed by atoms with Crippen molar-refractivity contribution >= 4 is 5.78 Å². The molecule has 0 heterocycles. The minimum atomic E-state index is 0.391. The molecule has 1 heteroatoms. The quantitative estimate of drug-likeness (QED) is 0.591. The number of allylic oxidation sites excluding steroid dienone is 3.